The lowest BCUT2D eigenvalue weighted by Gasteiger charge is -2.44. The fourth-order valence-electron chi connectivity index (χ4n) is 4.50. The minimum atomic E-state index is -2.15. The van der Waals surface area contributed by atoms with Crippen LogP contribution in [0.1, 0.15) is 74.8 Å². The van der Waals surface area contributed by atoms with Gasteiger partial charge in [-0.3, -0.25) is 0 Å². The molecule has 1 N–H and O–H groups in total. The highest BCUT2D eigenvalue weighted by atomic mass is 28.4. The third kappa shape index (κ3) is 11.0. The molecule has 0 aromatic heterocycles. The van der Waals surface area contributed by atoms with E-state index in [2.05, 4.69) is 113 Å². The van der Waals surface area contributed by atoms with E-state index in [-0.39, 0.29) is 40.0 Å². The van der Waals surface area contributed by atoms with Gasteiger partial charge in [-0.1, -0.05) is 86.6 Å². The highest BCUT2D eigenvalue weighted by molar-refractivity contribution is 6.74. The van der Waals surface area contributed by atoms with Gasteiger partial charge in [-0.25, -0.2) is 0 Å². The van der Waals surface area contributed by atoms with Crippen LogP contribution in [0.25, 0.3) is 0 Å². The summed E-state index contributed by atoms with van der Waals surface area (Å²) in [7, 11) is -2.41. The molecule has 242 valence electrons. The lowest BCUT2D eigenvalue weighted by atomic mass is 9.85. The molecule has 0 spiro atoms. The van der Waals surface area contributed by atoms with Crippen LogP contribution in [0.15, 0.2) is 48.6 Å². The number of hydrogen-bond donors (Lipinski definition) is 1. The average Bonchev–Trinajstić information content (AvgIpc) is 2.88. The summed E-state index contributed by atoms with van der Waals surface area (Å²) >= 11 is 0. The van der Waals surface area contributed by atoms with E-state index in [9.17, 15) is 5.11 Å². The fraction of sp³-hybridized carbons (Fsp3) is 0.714. The van der Waals surface area contributed by atoms with Crippen LogP contribution in [-0.2, 0) is 20.2 Å². The van der Waals surface area contributed by atoms with Gasteiger partial charge in [0.2, 0.25) is 0 Å². The first kappa shape index (κ1) is 38.8. The molecule has 1 aromatic carbocycles. The average molecular weight is 621 g/mol. The first-order chi connectivity index (χ1) is 19.1. The monoisotopic (exact) mass is 620 g/mol. The minimum Gasteiger partial charge on any atom is -0.497 e. The highest BCUT2D eigenvalue weighted by Gasteiger charge is 2.43. The molecular weight excluding hydrogens is 557 g/mol. The number of benzene rings is 1. The van der Waals surface area contributed by atoms with Gasteiger partial charge in [-0.2, -0.15) is 0 Å². The van der Waals surface area contributed by atoms with Crippen LogP contribution in [0.2, 0.25) is 36.3 Å². The van der Waals surface area contributed by atoms with Crippen molar-refractivity contribution in [2.45, 2.75) is 130 Å². The molecule has 7 heteroatoms. The van der Waals surface area contributed by atoms with Crippen LogP contribution < -0.4 is 4.74 Å². The quantitative estimate of drug-likeness (QED) is 0.147. The SMILES string of the molecule is C=C[C@H](O)[C@@H](C)/C=C(\C)[C@H](O[Si](C)(C)C(C)(C)C)[C@@H](C)[C@H](OCc1ccc(OC)cc1)[C@@H](C)CO[Si](C)(C)C(C)(C)C. The van der Waals surface area contributed by atoms with Crippen molar-refractivity contribution in [3.8, 4) is 5.75 Å². The van der Waals surface area contributed by atoms with Gasteiger partial charge < -0.3 is 23.4 Å². The Morgan fingerprint density at radius 2 is 1.45 bits per heavy atom. The molecule has 0 saturated heterocycles. The van der Waals surface area contributed by atoms with E-state index in [0.717, 1.165) is 16.9 Å². The van der Waals surface area contributed by atoms with Crippen molar-refractivity contribution in [2.24, 2.45) is 17.8 Å². The maximum atomic E-state index is 10.5. The molecule has 0 aliphatic heterocycles. The summed E-state index contributed by atoms with van der Waals surface area (Å²) in [6.07, 6.45) is 2.86. The van der Waals surface area contributed by atoms with Crippen molar-refractivity contribution in [3.63, 3.8) is 0 Å². The topological polar surface area (TPSA) is 57.2 Å². The summed E-state index contributed by atoms with van der Waals surface area (Å²) in [5.74, 6) is 0.944. The van der Waals surface area contributed by atoms with Crippen LogP contribution in [0.4, 0.5) is 0 Å². The molecule has 0 aliphatic carbocycles. The van der Waals surface area contributed by atoms with E-state index < -0.39 is 22.7 Å². The van der Waals surface area contributed by atoms with E-state index in [1.54, 1.807) is 13.2 Å². The van der Waals surface area contributed by atoms with Crippen molar-refractivity contribution < 1.29 is 23.4 Å². The Balaban J connectivity index is 3.51. The van der Waals surface area contributed by atoms with Gasteiger partial charge in [0.1, 0.15) is 5.75 Å². The molecule has 6 atom stereocenters. The molecule has 0 unspecified atom stereocenters. The molecule has 42 heavy (non-hydrogen) atoms. The van der Waals surface area contributed by atoms with E-state index in [4.69, 9.17) is 18.3 Å². The predicted molar refractivity (Wildman–Crippen MR) is 184 cm³/mol. The number of rotatable bonds is 16. The number of methoxy groups -OCH3 is 1. The second kappa shape index (κ2) is 15.7. The molecule has 1 rings (SSSR count). The summed E-state index contributed by atoms with van der Waals surface area (Å²) in [5.41, 5.74) is 2.22. The summed E-state index contributed by atoms with van der Waals surface area (Å²) < 4.78 is 26.1. The molecule has 0 heterocycles. The first-order valence-electron chi connectivity index (χ1n) is 15.6. The third-order valence-corrected chi connectivity index (χ3v) is 18.6. The zero-order valence-electron chi connectivity index (χ0n) is 29.6. The van der Waals surface area contributed by atoms with Gasteiger partial charge in [0.25, 0.3) is 0 Å². The zero-order chi connectivity index (χ0) is 32.7. The van der Waals surface area contributed by atoms with Gasteiger partial charge in [-0.15, -0.1) is 6.58 Å². The maximum Gasteiger partial charge on any atom is 0.192 e. The number of aliphatic hydroxyl groups is 1. The molecule has 0 radical (unpaired) electrons. The van der Waals surface area contributed by atoms with Crippen molar-refractivity contribution in [1.29, 1.82) is 0 Å². The van der Waals surface area contributed by atoms with E-state index in [1.807, 2.05) is 19.1 Å². The van der Waals surface area contributed by atoms with Gasteiger partial charge in [0, 0.05) is 24.4 Å². The van der Waals surface area contributed by atoms with Crippen LogP contribution in [0.5, 0.6) is 5.75 Å². The molecule has 0 fully saturated rings. The van der Waals surface area contributed by atoms with Crippen molar-refractivity contribution in [2.75, 3.05) is 13.7 Å². The summed E-state index contributed by atoms with van der Waals surface area (Å²) in [4.78, 5) is 0. The Morgan fingerprint density at radius 1 is 0.929 bits per heavy atom. The summed E-state index contributed by atoms with van der Waals surface area (Å²) in [5, 5.41) is 10.7. The van der Waals surface area contributed by atoms with E-state index in [0.29, 0.717) is 13.2 Å². The maximum absolute atomic E-state index is 10.5. The smallest absolute Gasteiger partial charge is 0.192 e. The van der Waals surface area contributed by atoms with Crippen molar-refractivity contribution in [3.05, 3.63) is 54.1 Å². The number of hydrogen-bond acceptors (Lipinski definition) is 5. The Labute approximate surface area is 261 Å². The van der Waals surface area contributed by atoms with Crippen LogP contribution >= 0.6 is 0 Å². The lowest BCUT2D eigenvalue weighted by molar-refractivity contribution is -0.0640. The summed E-state index contributed by atoms with van der Waals surface area (Å²) in [6.45, 7) is 36.5. The third-order valence-electron chi connectivity index (χ3n) is 9.65. The van der Waals surface area contributed by atoms with E-state index >= 15 is 0 Å². The van der Waals surface area contributed by atoms with Crippen LogP contribution in [0, 0.1) is 17.8 Å². The molecule has 0 aliphatic rings. The van der Waals surface area contributed by atoms with Gasteiger partial charge in [0.15, 0.2) is 16.6 Å². The Bertz CT molecular complexity index is 988. The molecule has 0 saturated carbocycles. The molecule has 0 amide bonds. The second-order valence-corrected chi connectivity index (χ2v) is 24.9. The van der Waals surface area contributed by atoms with Gasteiger partial charge in [-0.05, 0) is 66.5 Å². The van der Waals surface area contributed by atoms with Crippen LogP contribution in [0.3, 0.4) is 0 Å². The Hall–Kier alpha value is -1.23. The number of ether oxygens (including phenoxy) is 2. The lowest BCUT2D eigenvalue weighted by Crippen LogP contribution is -2.49. The van der Waals surface area contributed by atoms with Crippen LogP contribution in [-0.4, -0.2) is 53.8 Å². The predicted octanol–water partition coefficient (Wildman–Crippen LogP) is 9.39. The van der Waals surface area contributed by atoms with E-state index in [1.165, 1.54) is 0 Å². The normalized spacial score (nSPS) is 18.1. The highest BCUT2D eigenvalue weighted by Crippen LogP contribution is 2.41. The zero-order valence-corrected chi connectivity index (χ0v) is 31.6. The standard InChI is InChI=1S/C35H64O5Si2/c1-17-31(36)25(2)22-26(3)33(40-42(15,16)35(9,10)11)28(5)32(27(4)23-39-41(13,14)34(6,7)8)38-24-29-18-20-30(37-12)21-19-29/h17-22,25,27-28,31-33,36H,1,23-24H2,2-16H3/b26-22+/t25-,27-,28-,31-,32+,33-/m0/s1. The molecular formula is C35H64O5Si2. The van der Waals surface area contributed by atoms with Crippen molar-refractivity contribution >= 4 is 16.6 Å². The molecule has 5 nitrogen and oxygen atoms in total. The molecule has 1 aromatic rings. The summed E-state index contributed by atoms with van der Waals surface area (Å²) in [6, 6.07) is 8.07. The molecule has 0 bridgehead atoms. The van der Waals surface area contributed by atoms with Crippen molar-refractivity contribution in [1.82, 2.24) is 0 Å². The number of aliphatic hydroxyl groups excluding tert-OH is 1. The van der Waals surface area contributed by atoms with Gasteiger partial charge >= 0.3 is 0 Å². The van der Waals surface area contributed by atoms with Gasteiger partial charge in [0.05, 0.1) is 32.0 Å². The largest absolute Gasteiger partial charge is 0.497 e. The fourth-order valence-corrected chi connectivity index (χ4v) is 7.01. The minimum absolute atomic E-state index is 0.0414. The Morgan fingerprint density at radius 3 is 1.90 bits per heavy atom. The Kier molecular flexibility index (Phi) is 14.5. The second-order valence-electron chi connectivity index (χ2n) is 15.3. The first-order valence-corrected chi connectivity index (χ1v) is 21.4.